The Bertz CT molecular complexity index is 6700. The molecule has 0 fully saturated rings. The number of rotatable bonds is 20. The Labute approximate surface area is 674 Å². The van der Waals surface area contributed by atoms with Crippen molar-refractivity contribution >= 4 is 92.6 Å². The van der Waals surface area contributed by atoms with Crippen molar-refractivity contribution in [3.63, 3.8) is 0 Å². The van der Waals surface area contributed by atoms with Crippen LogP contribution in [0.5, 0.6) is 69.0 Å². The van der Waals surface area contributed by atoms with E-state index in [1.807, 2.05) is 0 Å². The number of carbonyl (C=O) groups is 4. The molecule has 0 saturated carbocycles. The van der Waals surface area contributed by atoms with Gasteiger partial charge in [0, 0.05) is 72.3 Å². The number of fused-ring (bicyclic) bond motifs is 20. The van der Waals surface area contributed by atoms with Crippen LogP contribution >= 0.6 is 0 Å². The molecule has 28 nitrogen and oxygen atoms in total. The van der Waals surface area contributed by atoms with E-state index >= 15 is 0 Å². The number of hydrazone groups is 4. The van der Waals surface area contributed by atoms with Gasteiger partial charge < -0.3 is 69.3 Å². The van der Waals surface area contributed by atoms with Gasteiger partial charge in [-0.15, -0.1) is 0 Å². The Balaban J connectivity index is 0.0000102. The molecule has 0 atom stereocenters. The van der Waals surface area contributed by atoms with Crippen molar-refractivity contribution in [2.45, 2.75) is 0 Å². The zero-order valence-corrected chi connectivity index (χ0v) is 63.8. The Hall–Kier alpha value is -16.4. The Morgan fingerprint density at radius 2 is 0.615 bits per heavy atom. The molecule has 8 N–H and O–H groups in total. The first-order valence-electron chi connectivity index (χ1n) is 35.6. The summed E-state index contributed by atoms with van der Waals surface area (Å²) in [6.07, 6.45) is 5.63. The molecule has 0 spiro atoms. The van der Waals surface area contributed by atoms with Gasteiger partial charge in [0.25, 0.3) is 23.6 Å². The molecule has 4 amide bonds. The van der Waals surface area contributed by atoms with Crippen LogP contribution in [0.4, 0.5) is 0 Å². The summed E-state index contributed by atoms with van der Waals surface area (Å²) in [5.74, 6) is -0.770. The normalized spacial score (nSPS) is 11.5. The monoisotopic (exact) mass is 1590 g/mol. The summed E-state index contributed by atoms with van der Waals surface area (Å²) in [6.45, 7) is 0. The van der Waals surface area contributed by atoms with Gasteiger partial charge in [-0.05, 0) is 144 Å². The summed E-state index contributed by atoms with van der Waals surface area (Å²) >= 11 is 0. The molecule has 2 aliphatic heterocycles. The topological polar surface area (TPSA) is 389 Å². The third kappa shape index (κ3) is 15.6. The molecule has 15 aromatic rings. The summed E-state index contributed by atoms with van der Waals surface area (Å²) in [5, 5.41) is 60.2. The number of aromatic hydroxyl groups is 4. The second-order valence-corrected chi connectivity index (χ2v) is 25.7. The van der Waals surface area contributed by atoms with Gasteiger partial charge >= 0.3 is 19.5 Å². The van der Waals surface area contributed by atoms with Crippen molar-refractivity contribution in [1.29, 1.82) is 0 Å². The minimum absolute atomic E-state index is 0. The number of hydrogen-bond donors (Lipinski definition) is 8. The van der Waals surface area contributed by atoms with E-state index in [1.54, 1.807) is 218 Å². The number of nitrogens with one attached hydrogen (secondary N) is 4. The van der Waals surface area contributed by atoms with Crippen LogP contribution in [0.1, 0.15) is 63.7 Å². The first kappa shape index (κ1) is 74.7. The number of amides is 4. The molecule has 5 heterocycles. The van der Waals surface area contributed by atoms with Crippen LogP contribution < -0.4 is 50.6 Å². The predicted molar refractivity (Wildman–Crippen MR) is 433 cm³/mol. The largest absolute Gasteiger partial charge is 2.00 e. The summed E-state index contributed by atoms with van der Waals surface area (Å²) < 4.78 is 27.4. The van der Waals surface area contributed by atoms with Crippen LogP contribution in [-0.4, -0.2) is 98.8 Å². The van der Waals surface area contributed by atoms with E-state index in [1.165, 1.54) is 73.4 Å². The molecule has 8 bridgehead atoms. The molecule has 0 unspecified atom stereocenters. The van der Waals surface area contributed by atoms with Crippen LogP contribution in [0.3, 0.4) is 0 Å². The van der Waals surface area contributed by atoms with Crippen molar-refractivity contribution in [3.05, 3.63) is 311 Å². The first-order valence-corrected chi connectivity index (χ1v) is 35.6. The summed E-state index contributed by atoms with van der Waals surface area (Å²) in [4.78, 5) is 94.9. The molecule has 29 heteroatoms. The number of phenolic OH excluding ortho intramolecular Hbond substituents is 4. The average molecular weight is 1590 g/mol. The third-order valence-corrected chi connectivity index (χ3v) is 18.3. The van der Waals surface area contributed by atoms with Crippen LogP contribution in [0.25, 0.3) is 89.7 Å². The maximum absolute atomic E-state index is 13.2. The maximum Gasteiger partial charge on any atom is 2.00 e. The zero-order chi connectivity index (χ0) is 79.2. The minimum Gasteiger partial charge on any atom is -0.507 e. The van der Waals surface area contributed by atoms with E-state index in [-0.39, 0.29) is 128 Å². The summed E-state index contributed by atoms with van der Waals surface area (Å²) in [7, 11) is 0. The number of nitrogens with zero attached hydrogens (tertiary/aromatic N) is 12. The number of phenols is 4. The third-order valence-electron chi connectivity index (χ3n) is 18.3. The first-order chi connectivity index (χ1) is 56.8. The van der Waals surface area contributed by atoms with Gasteiger partial charge in [-0.3, -0.25) is 19.2 Å². The van der Waals surface area contributed by atoms with Gasteiger partial charge in [0.05, 0.1) is 76.0 Å². The molecule has 17 rings (SSSR count). The molecule has 3 aromatic heterocycles. The fraction of sp³-hybridized carbons (Fsp3) is 0. The van der Waals surface area contributed by atoms with Gasteiger partial charge in [-0.1, -0.05) is 133 Å². The number of para-hydroxylation sites is 8. The van der Waals surface area contributed by atoms with E-state index < -0.39 is 23.6 Å². The molecule has 2 aliphatic rings. The Morgan fingerprint density at radius 3 is 1.03 bits per heavy atom. The van der Waals surface area contributed by atoms with E-state index in [4.69, 9.17) is 58.8 Å². The molecule has 0 aliphatic carbocycles. The Kier molecular flexibility index (Phi) is 21.0. The smallest absolute Gasteiger partial charge is 0.507 e. The van der Waals surface area contributed by atoms with Crippen LogP contribution in [-0.2, 0) is 19.5 Å². The minimum atomic E-state index is -0.652. The molecular weight excluding hydrogens is 1540 g/mol. The standard InChI is InChI=1S/C88H58N16O12.Zn/c105-63-31-9-5-24-55(63)85(109)101-89-45-49-20-1-13-35-67(49)113-53-42-43-54-62(44-53)81-93-77(54)95-82-76-61(30-19-41-73(76)116-70-38-16-4-23-52(70)48-92-104-88(112)58-27-8-12-34-66(58)108)80(98-82)99-83-74-59(28-17-39-71(74)114-68-36-14-2-21-50(68)46-90-102-86(110)56-25-6-10-32-64(56)106)78(96-83)94-79-60-29-18-40-72(75(60)84(97-79)100-81)115-69-37-15-3-22-51(69)47-91-103-87(111)57-26-7-11-33-65(57)107;/h1-48H,(H10,93,94,95,96,97,98,99,100,101,102,103,104,105,106,107,108,109,110,111,112);/q;+2/p-2/b89-45+,90-46+,91-47-,92-48+;. The number of ether oxygens (including phenoxy) is 4. The number of hydrogen-bond acceptors (Lipinski definition) is 22. The zero-order valence-electron chi connectivity index (χ0n) is 60.8. The summed E-state index contributed by atoms with van der Waals surface area (Å²) in [6, 6.07) is 73.4. The fourth-order valence-corrected chi connectivity index (χ4v) is 12.8. The van der Waals surface area contributed by atoms with Crippen LogP contribution in [0.15, 0.2) is 287 Å². The van der Waals surface area contributed by atoms with Crippen molar-refractivity contribution in [2.75, 3.05) is 0 Å². The van der Waals surface area contributed by atoms with Crippen molar-refractivity contribution in [1.82, 2.24) is 61.6 Å². The molecule has 117 heavy (non-hydrogen) atoms. The number of aromatic nitrogens is 8. The average Bonchev–Trinajstić information content (AvgIpc) is 1.59. The SMILES string of the molecule is O=C(N/N=C\c1ccccc1Oc1cccc2c3nc4nc(nc5[n-]c(nc6nc(nc([n-]3)c12)-c1cc(Oc2ccccc2/C=N/NC(=O)c2ccccc2O)ccc1-6)c1c(Oc2ccccc2/C=N/NC(=O)c2ccccc2O)cccc51)-c1c(Oc2ccccc2/C=N/NC(=O)c2ccccc2O)cccc1-4)c1ccccc1O.[Zn+2]. The molecule has 562 valence electrons. The molecule has 0 radical (unpaired) electrons. The van der Waals surface area contributed by atoms with Crippen molar-refractivity contribution in [2.24, 2.45) is 20.4 Å². The van der Waals surface area contributed by atoms with E-state index in [0.717, 1.165) is 0 Å². The van der Waals surface area contributed by atoms with E-state index in [0.29, 0.717) is 94.8 Å². The second-order valence-electron chi connectivity index (χ2n) is 25.7. The van der Waals surface area contributed by atoms with Crippen molar-refractivity contribution in [3.8, 4) is 115 Å². The van der Waals surface area contributed by atoms with E-state index in [9.17, 15) is 39.6 Å². The molecular formula is C88H56N16O12Zn. The summed E-state index contributed by atoms with van der Waals surface area (Å²) in [5.41, 5.74) is 13.9. The van der Waals surface area contributed by atoms with E-state index in [2.05, 4.69) is 42.1 Å². The Morgan fingerprint density at radius 1 is 0.299 bits per heavy atom. The van der Waals surface area contributed by atoms with Crippen LogP contribution in [0.2, 0.25) is 0 Å². The molecule has 0 saturated heterocycles. The van der Waals surface area contributed by atoms with Gasteiger partial charge in [-0.25, -0.2) is 31.7 Å². The fourth-order valence-electron chi connectivity index (χ4n) is 12.8. The predicted octanol–water partition coefficient (Wildman–Crippen LogP) is 15.2. The molecule has 12 aromatic carbocycles. The van der Waals surface area contributed by atoms with Gasteiger partial charge in [0.1, 0.15) is 69.0 Å². The quantitative estimate of drug-likeness (QED) is 0.0200. The second kappa shape index (κ2) is 32.9. The van der Waals surface area contributed by atoms with Crippen LogP contribution in [0, 0.1) is 0 Å². The van der Waals surface area contributed by atoms with Crippen molar-refractivity contribution < 1.29 is 78.0 Å². The van der Waals surface area contributed by atoms with Gasteiger partial charge in [0.15, 0.2) is 0 Å². The number of benzene rings is 12. The van der Waals surface area contributed by atoms with Gasteiger partial charge in [0.2, 0.25) is 0 Å². The van der Waals surface area contributed by atoms with Gasteiger partial charge in [-0.2, -0.15) is 20.4 Å². The maximum atomic E-state index is 13.2. The number of carbonyl (C=O) groups excluding carboxylic acids is 4.